The minimum Gasteiger partial charge on any atom is -0.490 e. The van der Waals surface area contributed by atoms with Gasteiger partial charge in [0, 0.05) is 18.8 Å². The van der Waals surface area contributed by atoms with Crippen LogP contribution >= 0.6 is 0 Å². The number of hydrogen-bond donors (Lipinski definition) is 1. The number of para-hydroxylation sites is 1. The van der Waals surface area contributed by atoms with E-state index >= 15 is 0 Å². The number of anilines is 1. The van der Waals surface area contributed by atoms with Gasteiger partial charge in [-0.05, 0) is 68.1 Å². The number of carbonyl (C=O) groups excluding carboxylic acids is 2. The average Bonchev–Trinajstić information content (AvgIpc) is 3.43. The molecule has 1 atom stereocenters. The first-order chi connectivity index (χ1) is 17.6. The number of furan rings is 1. The predicted molar refractivity (Wildman–Crippen MR) is 135 cm³/mol. The first-order valence-electron chi connectivity index (χ1n) is 12.5. The number of rotatable bonds is 8. The van der Waals surface area contributed by atoms with Crippen molar-refractivity contribution in [3.8, 4) is 11.5 Å². The predicted octanol–water partition coefficient (Wildman–Crippen LogP) is 4.84. The Hall–Kier alpha value is -3.94. The van der Waals surface area contributed by atoms with Crippen LogP contribution in [0.5, 0.6) is 11.5 Å². The number of fused-ring (bicyclic) bond motifs is 1. The molecule has 0 radical (unpaired) electrons. The SMILES string of the molecule is CCOc1cc(C2Nc3ccccc3C(=O)N2Cc2ccco2)ccc1OCC(=O)N1CCCCC1. The van der Waals surface area contributed by atoms with Gasteiger partial charge >= 0.3 is 0 Å². The minimum atomic E-state index is -0.444. The third-order valence-corrected chi connectivity index (χ3v) is 6.57. The molecule has 2 amide bonds. The fraction of sp³-hybridized carbons (Fsp3) is 0.357. The van der Waals surface area contributed by atoms with Gasteiger partial charge in [0.05, 0.1) is 25.0 Å². The first-order valence-corrected chi connectivity index (χ1v) is 12.5. The smallest absolute Gasteiger partial charge is 0.260 e. The lowest BCUT2D eigenvalue weighted by molar-refractivity contribution is -0.134. The molecule has 1 aromatic heterocycles. The number of nitrogens with zero attached hydrogens (tertiary/aromatic N) is 2. The maximum atomic E-state index is 13.5. The van der Waals surface area contributed by atoms with E-state index in [0.29, 0.717) is 36.0 Å². The van der Waals surface area contributed by atoms with E-state index in [2.05, 4.69) is 5.32 Å². The highest BCUT2D eigenvalue weighted by atomic mass is 16.5. The molecule has 0 spiro atoms. The molecule has 1 fully saturated rings. The summed E-state index contributed by atoms with van der Waals surface area (Å²) < 4.78 is 17.3. The molecule has 2 aliphatic heterocycles. The Bertz CT molecular complexity index is 1200. The number of carbonyl (C=O) groups is 2. The lowest BCUT2D eigenvalue weighted by Crippen LogP contribution is -2.42. The van der Waals surface area contributed by atoms with E-state index in [0.717, 1.165) is 37.2 Å². The Morgan fingerprint density at radius 2 is 1.86 bits per heavy atom. The summed E-state index contributed by atoms with van der Waals surface area (Å²) in [6.45, 7) is 4.19. The average molecular weight is 490 g/mol. The summed E-state index contributed by atoms with van der Waals surface area (Å²) in [5.74, 6) is 1.63. The first kappa shape index (κ1) is 23.8. The van der Waals surface area contributed by atoms with Crippen molar-refractivity contribution in [1.29, 1.82) is 0 Å². The van der Waals surface area contributed by atoms with Gasteiger partial charge < -0.3 is 29.0 Å². The van der Waals surface area contributed by atoms with Crippen LogP contribution in [-0.4, -0.2) is 47.9 Å². The van der Waals surface area contributed by atoms with E-state index in [4.69, 9.17) is 13.9 Å². The second kappa shape index (κ2) is 10.8. The number of nitrogens with one attached hydrogen (secondary N) is 1. The van der Waals surface area contributed by atoms with Crippen molar-refractivity contribution >= 4 is 17.5 Å². The minimum absolute atomic E-state index is 0.0120. The standard InChI is InChI=1S/C28H31N3O5/c1-2-34-25-17-20(12-13-24(25)36-19-26(32)30-14-6-3-7-15-30)27-29-23-11-5-4-10-22(23)28(33)31(27)18-21-9-8-16-35-21/h4-5,8-13,16-17,27,29H,2-3,6-7,14-15,18-19H2,1H3. The van der Waals surface area contributed by atoms with Crippen molar-refractivity contribution < 1.29 is 23.5 Å². The maximum Gasteiger partial charge on any atom is 0.260 e. The zero-order valence-corrected chi connectivity index (χ0v) is 20.4. The molecule has 1 N–H and O–H groups in total. The van der Waals surface area contributed by atoms with Crippen LogP contribution in [-0.2, 0) is 11.3 Å². The molecule has 2 aromatic carbocycles. The number of hydrogen-bond acceptors (Lipinski definition) is 6. The molecule has 2 aliphatic rings. The summed E-state index contributed by atoms with van der Waals surface area (Å²) in [7, 11) is 0. The van der Waals surface area contributed by atoms with Gasteiger partial charge in [-0.25, -0.2) is 0 Å². The van der Waals surface area contributed by atoms with Gasteiger partial charge in [0.2, 0.25) is 0 Å². The van der Waals surface area contributed by atoms with Crippen LogP contribution in [0.25, 0.3) is 0 Å². The second-order valence-electron chi connectivity index (χ2n) is 8.97. The Balaban J connectivity index is 1.40. The number of ether oxygens (including phenoxy) is 2. The van der Waals surface area contributed by atoms with E-state index in [1.807, 2.05) is 66.4 Å². The lowest BCUT2D eigenvalue weighted by Gasteiger charge is -2.38. The van der Waals surface area contributed by atoms with Crippen molar-refractivity contribution in [2.75, 3.05) is 31.6 Å². The molecule has 0 bridgehead atoms. The maximum absolute atomic E-state index is 13.5. The van der Waals surface area contributed by atoms with Gasteiger partial charge in [0.25, 0.3) is 11.8 Å². The van der Waals surface area contributed by atoms with Crippen LogP contribution in [0.1, 0.15) is 54.0 Å². The molecule has 3 heterocycles. The highest BCUT2D eigenvalue weighted by Crippen LogP contribution is 2.38. The summed E-state index contributed by atoms with van der Waals surface area (Å²) in [5.41, 5.74) is 2.22. The van der Waals surface area contributed by atoms with Gasteiger partial charge in [-0.15, -0.1) is 0 Å². The number of benzene rings is 2. The van der Waals surface area contributed by atoms with Crippen molar-refractivity contribution in [1.82, 2.24) is 9.80 Å². The van der Waals surface area contributed by atoms with Gasteiger partial charge in [0.1, 0.15) is 11.9 Å². The van der Waals surface area contributed by atoms with Gasteiger partial charge in [-0.1, -0.05) is 18.2 Å². The quantitative estimate of drug-likeness (QED) is 0.488. The zero-order valence-electron chi connectivity index (χ0n) is 20.4. The van der Waals surface area contributed by atoms with E-state index in [-0.39, 0.29) is 18.4 Å². The van der Waals surface area contributed by atoms with Gasteiger partial charge in [-0.3, -0.25) is 9.59 Å². The van der Waals surface area contributed by atoms with Crippen molar-refractivity contribution in [2.45, 2.75) is 38.9 Å². The highest BCUT2D eigenvalue weighted by Gasteiger charge is 2.34. The molecular weight excluding hydrogens is 458 g/mol. The number of piperidine rings is 1. The van der Waals surface area contributed by atoms with Gasteiger partial charge in [-0.2, -0.15) is 0 Å². The summed E-state index contributed by atoms with van der Waals surface area (Å²) >= 11 is 0. The van der Waals surface area contributed by atoms with Crippen molar-refractivity contribution in [3.63, 3.8) is 0 Å². The highest BCUT2D eigenvalue weighted by molar-refractivity contribution is 6.01. The van der Waals surface area contributed by atoms with E-state index in [9.17, 15) is 9.59 Å². The van der Waals surface area contributed by atoms with Crippen LogP contribution in [0.3, 0.4) is 0 Å². The Kier molecular flexibility index (Phi) is 7.11. The fourth-order valence-electron chi connectivity index (χ4n) is 4.75. The van der Waals surface area contributed by atoms with Crippen LogP contribution in [0.4, 0.5) is 5.69 Å². The third-order valence-electron chi connectivity index (χ3n) is 6.57. The largest absolute Gasteiger partial charge is 0.490 e. The van der Waals surface area contributed by atoms with Gasteiger partial charge in [0.15, 0.2) is 18.1 Å². The van der Waals surface area contributed by atoms with Crippen molar-refractivity contribution in [3.05, 3.63) is 77.7 Å². The zero-order chi connectivity index (χ0) is 24.9. The Morgan fingerprint density at radius 3 is 2.64 bits per heavy atom. The molecule has 1 unspecified atom stereocenters. The van der Waals surface area contributed by atoms with Crippen LogP contribution < -0.4 is 14.8 Å². The molecule has 188 valence electrons. The summed E-state index contributed by atoms with van der Waals surface area (Å²) in [6, 6.07) is 16.7. The lowest BCUT2D eigenvalue weighted by atomic mass is 10.0. The van der Waals surface area contributed by atoms with Crippen LogP contribution in [0.2, 0.25) is 0 Å². The molecular formula is C28H31N3O5. The third kappa shape index (κ3) is 5.03. The number of likely N-dealkylation sites (tertiary alicyclic amines) is 1. The van der Waals surface area contributed by atoms with E-state index in [1.54, 1.807) is 11.2 Å². The van der Waals surface area contributed by atoms with E-state index in [1.165, 1.54) is 6.42 Å². The molecule has 36 heavy (non-hydrogen) atoms. The summed E-state index contributed by atoms with van der Waals surface area (Å²) in [4.78, 5) is 29.7. The monoisotopic (exact) mass is 489 g/mol. The molecule has 3 aromatic rings. The number of amides is 2. The molecule has 1 saturated heterocycles. The molecule has 5 rings (SSSR count). The normalized spacial score (nSPS) is 17.4. The van der Waals surface area contributed by atoms with E-state index < -0.39 is 6.17 Å². The van der Waals surface area contributed by atoms with Crippen LogP contribution in [0, 0.1) is 0 Å². The molecule has 8 heteroatoms. The molecule has 0 aliphatic carbocycles. The Labute approximate surface area is 210 Å². The Morgan fingerprint density at radius 1 is 1.03 bits per heavy atom. The second-order valence-corrected chi connectivity index (χ2v) is 8.97. The van der Waals surface area contributed by atoms with Crippen molar-refractivity contribution in [2.24, 2.45) is 0 Å². The summed E-state index contributed by atoms with van der Waals surface area (Å²) in [6.07, 6.45) is 4.40. The summed E-state index contributed by atoms with van der Waals surface area (Å²) in [5, 5.41) is 3.49. The van der Waals surface area contributed by atoms with Crippen LogP contribution in [0.15, 0.2) is 65.3 Å². The molecule has 8 nitrogen and oxygen atoms in total. The topological polar surface area (TPSA) is 84.2 Å². The fourth-order valence-corrected chi connectivity index (χ4v) is 4.75. The molecule has 0 saturated carbocycles.